The summed E-state index contributed by atoms with van der Waals surface area (Å²) in [6.45, 7) is 9.30. The van der Waals surface area contributed by atoms with Crippen LogP contribution in [0.15, 0.2) is 40.2 Å². The lowest BCUT2D eigenvalue weighted by Gasteiger charge is -2.52. The number of aryl methyl sites for hydroxylation is 1. The van der Waals surface area contributed by atoms with Gasteiger partial charge < -0.3 is 10.2 Å². The van der Waals surface area contributed by atoms with Crippen LogP contribution in [0.4, 0.5) is 11.6 Å². The number of pyridine rings is 1. The Hall–Kier alpha value is -2.09. The molecule has 1 atom stereocenters. The van der Waals surface area contributed by atoms with Gasteiger partial charge in [0.25, 0.3) is 5.56 Å². The molecule has 0 radical (unpaired) electrons. The number of aromatic nitrogens is 3. The third-order valence-electron chi connectivity index (χ3n) is 10.4. The number of nitrogens with zero attached hydrogens (tertiary/aromatic N) is 4. The lowest BCUT2D eigenvalue weighted by molar-refractivity contribution is 0.0267. The molecule has 1 aromatic carbocycles. The van der Waals surface area contributed by atoms with E-state index in [0.29, 0.717) is 23.1 Å². The number of piperidine rings is 1. The molecule has 0 bridgehead atoms. The SMILES string of the molecule is Cc1cc(SC2CC3(CCN(C(C)C)CC3)C2)ccc1Nc1ncc2cc(Cl)c(=O)n(C3CCCC34CC4)c2n1. The largest absolute Gasteiger partial charge is 0.324 e. The van der Waals surface area contributed by atoms with Gasteiger partial charge in [-0.15, -0.1) is 11.8 Å². The molecule has 4 aliphatic rings. The fourth-order valence-corrected chi connectivity index (χ4v) is 9.64. The first kappa shape index (κ1) is 26.8. The first-order chi connectivity index (χ1) is 19.2. The van der Waals surface area contributed by atoms with Gasteiger partial charge in [-0.2, -0.15) is 4.98 Å². The highest BCUT2D eigenvalue weighted by molar-refractivity contribution is 8.00. The summed E-state index contributed by atoms with van der Waals surface area (Å²) in [5.41, 5.74) is 3.59. The Morgan fingerprint density at radius 1 is 1.10 bits per heavy atom. The number of thioether (sulfide) groups is 1. The van der Waals surface area contributed by atoms with Gasteiger partial charge >= 0.3 is 0 Å². The van der Waals surface area contributed by atoms with Crippen LogP contribution >= 0.6 is 23.4 Å². The maximum absolute atomic E-state index is 13.3. The summed E-state index contributed by atoms with van der Waals surface area (Å²) in [4.78, 5) is 26.7. The lowest BCUT2D eigenvalue weighted by Crippen LogP contribution is -2.49. The Morgan fingerprint density at radius 3 is 2.58 bits per heavy atom. The average Bonchev–Trinajstić information content (AvgIpc) is 3.58. The van der Waals surface area contributed by atoms with Crippen LogP contribution in [0.5, 0.6) is 0 Å². The molecule has 6 nitrogen and oxygen atoms in total. The predicted molar refractivity (Wildman–Crippen MR) is 165 cm³/mol. The molecule has 8 heteroatoms. The van der Waals surface area contributed by atoms with Gasteiger partial charge in [0.1, 0.15) is 10.7 Å². The van der Waals surface area contributed by atoms with E-state index in [1.165, 1.54) is 68.5 Å². The Balaban J connectivity index is 1.06. The average molecular weight is 578 g/mol. The van der Waals surface area contributed by atoms with E-state index in [9.17, 15) is 4.79 Å². The topological polar surface area (TPSA) is 63.1 Å². The normalized spacial score (nSPS) is 23.8. The second-order valence-corrected chi connectivity index (χ2v) is 15.1. The molecule has 1 unspecified atom stereocenters. The number of nitrogens with one attached hydrogen (secondary N) is 1. The van der Waals surface area contributed by atoms with Gasteiger partial charge in [0.05, 0.1) is 0 Å². The van der Waals surface area contributed by atoms with Gasteiger partial charge in [-0.25, -0.2) is 4.98 Å². The molecule has 3 heterocycles. The first-order valence-electron chi connectivity index (χ1n) is 15.1. The molecular formula is C32H40ClN5OS. The van der Waals surface area contributed by atoms with Crippen LogP contribution in [0.1, 0.15) is 83.2 Å². The molecule has 1 saturated heterocycles. The quantitative estimate of drug-likeness (QED) is 0.323. The van der Waals surface area contributed by atoms with Crippen LogP contribution in [0, 0.1) is 17.8 Å². The highest BCUT2D eigenvalue weighted by atomic mass is 35.5. The zero-order valence-electron chi connectivity index (χ0n) is 23.9. The van der Waals surface area contributed by atoms with Crippen molar-refractivity contribution in [1.29, 1.82) is 0 Å². The van der Waals surface area contributed by atoms with E-state index in [2.05, 4.69) is 54.2 Å². The number of halogens is 1. The monoisotopic (exact) mass is 577 g/mol. The summed E-state index contributed by atoms with van der Waals surface area (Å²) in [7, 11) is 0. The molecule has 2 aromatic heterocycles. The van der Waals surface area contributed by atoms with Crippen molar-refractivity contribution in [2.75, 3.05) is 18.4 Å². The van der Waals surface area contributed by atoms with Crippen molar-refractivity contribution < 1.29 is 0 Å². The zero-order chi connectivity index (χ0) is 27.6. The second kappa shape index (κ2) is 10.0. The number of rotatable bonds is 6. The van der Waals surface area contributed by atoms with Crippen LogP contribution in [-0.2, 0) is 0 Å². The van der Waals surface area contributed by atoms with Gasteiger partial charge in [-0.05, 0) is 126 Å². The van der Waals surface area contributed by atoms with E-state index < -0.39 is 0 Å². The van der Waals surface area contributed by atoms with Gasteiger partial charge in [0.15, 0.2) is 0 Å². The standard InChI is InChI=1S/C32H40ClN5OS/c1-20(2)37-13-11-31(12-14-37)17-24(18-31)40-23-6-7-26(21(3)15-23)35-30-34-19-22-16-25(33)29(39)38(28(22)36-30)27-5-4-8-32(27)9-10-32/h6-7,15-16,19-20,24,27H,4-5,8-14,17-18H2,1-3H3,(H,34,35,36). The number of anilines is 2. The van der Waals surface area contributed by atoms with Crippen LogP contribution in [0.25, 0.3) is 11.0 Å². The highest BCUT2D eigenvalue weighted by Gasteiger charge is 2.53. The molecule has 40 heavy (non-hydrogen) atoms. The molecule has 3 aliphatic carbocycles. The number of hydrogen-bond acceptors (Lipinski definition) is 6. The molecular weight excluding hydrogens is 538 g/mol. The molecule has 0 amide bonds. The molecule has 3 saturated carbocycles. The van der Waals surface area contributed by atoms with Crippen LogP contribution in [-0.4, -0.2) is 43.8 Å². The van der Waals surface area contributed by atoms with Gasteiger partial charge in [-0.1, -0.05) is 18.0 Å². The van der Waals surface area contributed by atoms with E-state index in [4.69, 9.17) is 16.6 Å². The van der Waals surface area contributed by atoms with E-state index in [-0.39, 0.29) is 22.0 Å². The Bertz CT molecular complexity index is 1500. The summed E-state index contributed by atoms with van der Waals surface area (Å²) < 4.78 is 1.88. The molecule has 212 valence electrons. The number of hydrogen-bond donors (Lipinski definition) is 1. The van der Waals surface area contributed by atoms with Crippen LogP contribution in [0.2, 0.25) is 5.02 Å². The van der Waals surface area contributed by atoms with Crippen molar-refractivity contribution >= 4 is 46.0 Å². The Morgan fingerprint density at radius 2 is 1.88 bits per heavy atom. The van der Waals surface area contributed by atoms with Crippen molar-refractivity contribution in [3.8, 4) is 0 Å². The minimum Gasteiger partial charge on any atom is -0.324 e. The van der Waals surface area contributed by atoms with Crippen molar-refractivity contribution in [3.63, 3.8) is 0 Å². The van der Waals surface area contributed by atoms with E-state index >= 15 is 0 Å². The van der Waals surface area contributed by atoms with Crippen molar-refractivity contribution in [2.45, 2.75) is 101 Å². The van der Waals surface area contributed by atoms with E-state index in [0.717, 1.165) is 29.2 Å². The summed E-state index contributed by atoms with van der Waals surface area (Å²) >= 11 is 8.43. The third kappa shape index (κ3) is 4.76. The maximum atomic E-state index is 13.3. The highest BCUT2D eigenvalue weighted by Crippen LogP contribution is 2.63. The Kier molecular flexibility index (Phi) is 6.71. The van der Waals surface area contributed by atoms with Crippen molar-refractivity contribution in [1.82, 2.24) is 19.4 Å². The van der Waals surface area contributed by atoms with Gasteiger partial charge in [0, 0.05) is 39.5 Å². The minimum atomic E-state index is -0.127. The minimum absolute atomic E-state index is 0.127. The smallest absolute Gasteiger partial charge is 0.271 e. The summed E-state index contributed by atoms with van der Waals surface area (Å²) in [5, 5.41) is 5.23. The summed E-state index contributed by atoms with van der Waals surface area (Å²) in [6.07, 6.45) is 12.9. The maximum Gasteiger partial charge on any atom is 0.271 e. The zero-order valence-corrected chi connectivity index (χ0v) is 25.5. The van der Waals surface area contributed by atoms with E-state index in [1.807, 2.05) is 16.3 Å². The number of benzene rings is 1. The number of fused-ring (bicyclic) bond motifs is 1. The molecule has 1 N–H and O–H groups in total. The fraction of sp³-hybridized carbons (Fsp3) is 0.594. The molecule has 3 aromatic rings. The van der Waals surface area contributed by atoms with Crippen molar-refractivity contribution in [3.05, 3.63) is 51.4 Å². The first-order valence-corrected chi connectivity index (χ1v) is 16.4. The summed E-state index contributed by atoms with van der Waals surface area (Å²) in [6, 6.07) is 9.21. The lowest BCUT2D eigenvalue weighted by atomic mass is 9.63. The molecule has 7 rings (SSSR count). The van der Waals surface area contributed by atoms with Crippen molar-refractivity contribution in [2.24, 2.45) is 10.8 Å². The Labute approximate surface area is 246 Å². The van der Waals surface area contributed by atoms with Gasteiger partial charge in [-0.3, -0.25) is 9.36 Å². The summed E-state index contributed by atoms with van der Waals surface area (Å²) in [5.74, 6) is 0.517. The van der Waals surface area contributed by atoms with Crippen LogP contribution in [0.3, 0.4) is 0 Å². The predicted octanol–water partition coefficient (Wildman–Crippen LogP) is 7.75. The molecule has 1 aliphatic heterocycles. The molecule has 2 spiro atoms. The molecule has 4 fully saturated rings. The van der Waals surface area contributed by atoms with E-state index in [1.54, 1.807) is 12.3 Å². The number of likely N-dealkylation sites (tertiary alicyclic amines) is 1. The second-order valence-electron chi connectivity index (χ2n) is 13.3. The van der Waals surface area contributed by atoms with Gasteiger partial charge in [0.2, 0.25) is 5.95 Å². The fourth-order valence-electron chi connectivity index (χ4n) is 7.78. The van der Waals surface area contributed by atoms with Crippen LogP contribution < -0.4 is 10.9 Å². The third-order valence-corrected chi connectivity index (χ3v) is 11.9.